The van der Waals surface area contributed by atoms with Gasteiger partial charge in [-0.15, -0.1) is 11.8 Å². The first-order valence-corrected chi connectivity index (χ1v) is 17.4. The van der Waals surface area contributed by atoms with Gasteiger partial charge in [0, 0.05) is 25.3 Å². The predicted octanol–water partition coefficient (Wildman–Crippen LogP) is 6.91. The molecule has 0 aliphatic heterocycles. The second-order valence-electron chi connectivity index (χ2n) is 11.3. The summed E-state index contributed by atoms with van der Waals surface area (Å²) in [5.74, 6) is 0.0878. The maximum atomic E-state index is 12.3. The molecular formula is C32H63NO6S. The molecule has 0 heterocycles. The molecular weight excluding hydrogens is 526 g/mol. The van der Waals surface area contributed by atoms with E-state index in [1.807, 2.05) is 18.7 Å². The summed E-state index contributed by atoms with van der Waals surface area (Å²) in [6.07, 6.45) is 17.9. The van der Waals surface area contributed by atoms with E-state index < -0.39 is 6.10 Å². The van der Waals surface area contributed by atoms with Crippen LogP contribution < -0.4 is 0 Å². The molecule has 0 aromatic rings. The molecule has 0 saturated carbocycles. The van der Waals surface area contributed by atoms with Gasteiger partial charge < -0.3 is 19.7 Å². The number of thioether (sulfide) groups is 1. The highest BCUT2D eigenvalue weighted by Crippen LogP contribution is 2.16. The van der Waals surface area contributed by atoms with Crippen molar-refractivity contribution in [1.82, 2.24) is 4.90 Å². The van der Waals surface area contributed by atoms with Gasteiger partial charge in [0.1, 0.15) is 6.10 Å². The largest absolute Gasteiger partial charge is 0.465 e. The number of carbonyl (C=O) groups excluding carboxylic acids is 2. The van der Waals surface area contributed by atoms with Crippen LogP contribution in [0.25, 0.3) is 0 Å². The van der Waals surface area contributed by atoms with Gasteiger partial charge in [0.2, 0.25) is 0 Å². The van der Waals surface area contributed by atoms with Crippen LogP contribution in [-0.4, -0.2) is 83.1 Å². The van der Waals surface area contributed by atoms with Gasteiger partial charge in [-0.3, -0.25) is 14.5 Å². The molecule has 0 aromatic heterocycles. The predicted molar refractivity (Wildman–Crippen MR) is 168 cm³/mol. The number of aliphatic hydroxyl groups excluding tert-OH is 2. The smallest absolute Gasteiger partial charge is 0.318 e. The SMILES string of the molecule is CCCCCCCCCCOC(=O)C(C)SCC(C)OC(=O)CCCN(CCO)CC(O)CCCCCCCC. The van der Waals surface area contributed by atoms with Crippen molar-refractivity contribution < 1.29 is 29.3 Å². The topological polar surface area (TPSA) is 96.3 Å². The molecule has 3 atom stereocenters. The summed E-state index contributed by atoms with van der Waals surface area (Å²) in [6.45, 7) is 10.3. The molecule has 40 heavy (non-hydrogen) atoms. The number of nitrogens with zero attached hydrogens (tertiary/aromatic N) is 1. The van der Waals surface area contributed by atoms with Crippen LogP contribution in [0.15, 0.2) is 0 Å². The van der Waals surface area contributed by atoms with E-state index in [2.05, 4.69) is 13.8 Å². The summed E-state index contributed by atoms with van der Waals surface area (Å²) >= 11 is 1.45. The number of esters is 2. The fourth-order valence-electron chi connectivity index (χ4n) is 4.62. The highest BCUT2D eigenvalue weighted by Gasteiger charge is 2.18. The van der Waals surface area contributed by atoms with Crippen LogP contribution >= 0.6 is 11.8 Å². The molecule has 0 fully saturated rings. The molecule has 3 unspecified atom stereocenters. The van der Waals surface area contributed by atoms with Gasteiger partial charge in [-0.2, -0.15) is 0 Å². The molecule has 0 saturated heterocycles. The average Bonchev–Trinajstić information content (AvgIpc) is 2.92. The van der Waals surface area contributed by atoms with Gasteiger partial charge in [-0.25, -0.2) is 0 Å². The molecule has 0 amide bonds. The van der Waals surface area contributed by atoms with E-state index in [1.54, 1.807) is 0 Å². The van der Waals surface area contributed by atoms with Crippen LogP contribution in [0.1, 0.15) is 137 Å². The lowest BCUT2D eigenvalue weighted by molar-refractivity contribution is -0.147. The van der Waals surface area contributed by atoms with Crippen LogP contribution in [0, 0.1) is 0 Å². The fourth-order valence-corrected chi connectivity index (χ4v) is 5.46. The Morgan fingerprint density at radius 2 is 1.38 bits per heavy atom. The molecule has 8 heteroatoms. The van der Waals surface area contributed by atoms with Gasteiger partial charge in [-0.05, 0) is 39.7 Å². The third kappa shape index (κ3) is 24.9. The van der Waals surface area contributed by atoms with Gasteiger partial charge in [0.25, 0.3) is 0 Å². The van der Waals surface area contributed by atoms with E-state index in [0.717, 1.165) is 32.1 Å². The van der Waals surface area contributed by atoms with Crippen molar-refractivity contribution in [3.05, 3.63) is 0 Å². The summed E-state index contributed by atoms with van der Waals surface area (Å²) < 4.78 is 10.9. The van der Waals surface area contributed by atoms with Crippen molar-refractivity contribution in [1.29, 1.82) is 0 Å². The van der Waals surface area contributed by atoms with Crippen molar-refractivity contribution in [2.75, 3.05) is 38.6 Å². The molecule has 0 bridgehead atoms. The first-order chi connectivity index (χ1) is 19.3. The van der Waals surface area contributed by atoms with Gasteiger partial charge in [-0.1, -0.05) is 97.3 Å². The maximum Gasteiger partial charge on any atom is 0.318 e. The number of unbranched alkanes of at least 4 members (excludes halogenated alkanes) is 12. The summed E-state index contributed by atoms with van der Waals surface area (Å²) in [4.78, 5) is 26.6. The molecule has 0 spiro atoms. The van der Waals surface area contributed by atoms with E-state index in [-0.39, 0.29) is 29.9 Å². The number of hydrogen-bond acceptors (Lipinski definition) is 8. The van der Waals surface area contributed by atoms with E-state index >= 15 is 0 Å². The van der Waals surface area contributed by atoms with E-state index in [0.29, 0.717) is 44.8 Å². The Kier molecular flexibility index (Phi) is 27.7. The number of carbonyl (C=O) groups is 2. The van der Waals surface area contributed by atoms with Crippen LogP contribution in [0.4, 0.5) is 0 Å². The van der Waals surface area contributed by atoms with Crippen molar-refractivity contribution in [3.63, 3.8) is 0 Å². The van der Waals surface area contributed by atoms with Gasteiger partial charge in [0.15, 0.2) is 0 Å². The van der Waals surface area contributed by atoms with Crippen molar-refractivity contribution >= 4 is 23.7 Å². The van der Waals surface area contributed by atoms with E-state index in [1.165, 1.54) is 76.0 Å². The van der Waals surface area contributed by atoms with Crippen LogP contribution in [0.3, 0.4) is 0 Å². The molecule has 0 rings (SSSR count). The Bertz CT molecular complexity index is 594. The van der Waals surface area contributed by atoms with Crippen LogP contribution in [0.2, 0.25) is 0 Å². The monoisotopic (exact) mass is 589 g/mol. The number of rotatable bonds is 29. The molecule has 0 aliphatic rings. The Morgan fingerprint density at radius 3 is 1.98 bits per heavy atom. The van der Waals surface area contributed by atoms with E-state index in [9.17, 15) is 19.8 Å². The lowest BCUT2D eigenvalue weighted by Crippen LogP contribution is -2.35. The molecule has 0 aromatic carbocycles. The van der Waals surface area contributed by atoms with Gasteiger partial charge >= 0.3 is 11.9 Å². The number of hydrogen-bond donors (Lipinski definition) is 2. The Labute approximate surface area is 250 Å². The van der Waals surface area contributed by atoms with Crippen LogP contribution in [-0.2, 0) is 19.1 Å². The normalized spacial score (nSPS) is 13.8. The first-order valence-electron chi connectivity index (χ1n) is 16.3. The minimum absolute atomic E-state index is 0.0299. The standard InChI is InChI=1S/C32H63NO6S/c1-5-7-9-11-13-14-16-18-25-38-32(37)29(4)40-27-28(3)39-31(36)21-19-22-33(23-24-34)26-30(35)20-17-15-12-10-8-6-2/h28-30,34-35H,5-27H2,1-4H3. The zero-order valence-corrected chi connectivity index (χ0v) is 27.2. The van der Waals surface area contributed by atoms with Crippen molar-refractivity contribution in [3.8, 4) is 0 Å². The summed E-state index contributed by atoms with van der Waals surface area (Å²) in [6, 6.07) is 0. The second kappa shape index (κ2) is 28.3. The second-order valence-corrected chi connectivity index (χ2v) is 12.6. The summed E-state index contributed by atoms with van der Waals surface area (Å²) in [7, 11) is 0. The highest BCUT2D eigenvalue weighted by molar-refractivity contribution is 8.00. The van der Waals surface area contributed by atoms with E-state index in [4.69, 9.17) is 9.47 Å². The Morgan fingerprint density at radius 1 is 0.800 bits per heavy atom. The van der Waals surface area contributed by atoms with Crippen molar-refractivity contribution in [2.45, 2.75) is 154 Å². The minimum Gasteiger partial charge on any atom is -0.465 e. The lowest BCUT2D eigenvalue weighted by atomic mass is 10.1. The van der Waals surface area contributed by atoms with Crippen molar-refractivity contribution in [2.24, 2.45) is 0 Å². The average molecular weight is 590 g/mol. The molecule has 2 N–H and O–H groups in total. The van der Waals surface area contributed by atoms with Gasteiger partial charge in [0.05, 0.1) is 24.6 Å². The minimum atomic E-state index is -0.407. The zero-order chi connectivity index (χ0) is 29.8. The summed E-state index contributed by atoms with van der Waals surface area (Å²) in [5.41, 5.74) is 0. The fraction of sp³-hybridized carbons (Fsp3) is 0.938. The molecule has 0 aliphatic carbocycles. The third-order valence-electron chi connectivity index (χ3n) is 7.12. The molecule has 7 nitrogen and oxygen atoms in total. The first kappa shape index (κ1) is 39.2. The van der Waals surface area contributed by atoms with Crippen LogP contribution in [0.5, 0.6) is 0 Å². The Balaban J connectivity index is 3.98. The molecule has 0 radical (unpaired) electrons. The molecule has 238 valence electrons. The number of ether oxygens (including phenoxy) is 2. The zero-order valence-electron chi connectivity index (χ0n) is 26.4. The maximum absolute atomic E-state index is 12.3. The highest BCUT2D eigenvalue weighted by atomic mass is 32.2. The lowest BCUT2D eigenvalue weighted by Gasteiger charge is -2.24. The number of aliphatic hydroxyl groups is 2. The summed E-state index contributed by atoms with van der Waals surface area (Å²) in [5, 5.41) is 19.5. The quantitative estimate of drug-likeness (QED) is 0.0718. The Hall–Kier alpha value is -0.830. The third-order valence-corrected chi connectivity index (χ3v) is 8.47.